The molecule has 2 aromatic rings. The van der Waals surface area contributed by atoms with E-state index in [-0.39, 0.29) is 5.95 Å². The van der Waals surface area contributed by atoms with Crippen molar-refractivity contribution >= 4 is 17.8 Å². The molecule has 0 bridgehead atoms. The molecule has 0 aromatic carbocycles. The molecule has 10 heteroatoms. The van der Waals surface area contributed by atoms with E-state index < -0.39 is 0 Å². The average Bonchev–Trinajstić information content (AvgIpc) is 2.99. The molecule has 0 saturated carbocycles. The van der Waals surface area contributed by atoms with E-state index in [9.17, 15) is 0 Å². The lowest BCUT2D eigenvalue weighted by Gasteiger charge is -2.19. The van der Waals surface area contributed by atoms with Gasteiger partial charge < -0.3 is 14.7 Å². The number of rotatable bonds is 7. The van der Waals surface area contributed by atoms with E-state index in [0.29, 0.717) is 24.3 Å². The normalized spacial score (nSPS) is 10.3. The molecule has 0 saturated heterocycles. The highest BCUT2D eigenvalue weighted by Gasteiger charge is 2.11. The van der Waals surface area contributed by atoms with Crippen LogP contribution >= 0.6 is 0 Å². The minimum Gasteiger partial charge on any atom is -0.347 e. The van der Waals surface area contributed by atoms with Crippen LogP contribution in [0.3, 0.4) is 0 Å². The van der Waals surface area contributed by atoms with Crippen LogP contribution < -0.4 is 21.5 Å². The molecule has 2 rings (SSSR count). The molecule has 10 nitrogen and oxygen atoms in total. The molecule has 2 heterocycles. The fourth-order valence-electron chi connectivity index (χ4n) is 1.58. The molecule has 20 heavy (non-hydrogen) atoms. The minimum absolute atomic E-state index is 0.289. The molecular weight excluding hydrogens is 262 g/mol. The Bertz CT molecular complexity index is 526. The van der Waals surface area contributed by atoms with Gasteiger partial charge in [0.15, 0.2) is 5.82 Å². The van der Waals surface area contributed by atoms with E-state index in [0.717, 1.165) is 13.1 Å². The fraction of sp³-hybridized carbons (Fsp3) is 0.500. The number of hydrogen-bond acceptors (Lipinski definition) is 10. The quantitative estimate of drug-likeness (QED) is 0.470. The van der Waals surface area contributed by atoms with Crippen molar-refractivity contribution < 1.29 is 4.52 Å². The summed E-state index contributed by atoms with van der Waals surface area (Å²) in [4.78, 5) is 18.6. The first-order valence-electron chi connectivity index (χ1n) is 6.23. The Labute approximate surface area is 115 Å². The second-order valence-electron chi connectivity index (χ2n) is 3.80. The van der Waals surface area contributed by atoms with Crippen molar-refractivity contribution in [2.45, 2.75) is 20.4 Å². The predicted molar refractivity (Wildman–Crippen MR) is 72.8 cm³/mol. The van der Waals surface area contributed by atoms with Gasteiger partial charge in [0.05, 0.1) is 6.54 Å². The van der Waals surface area contributed by atoms with Gasteiger partial charge in [-0.25, -0.2) is 5.84 Å². The molecule has 2 aromatic heterocycles. The van der Waals surface area contributed by atoms with Crippen molar-refractivity contribution in [3.05, 3.63) is 12.2 Å². The first kappa shape index (κ1) is 13.9. The lowest BCUT2D eigenvalue weighted by atomic mass is 10.5. The highest BCUT2D eigenvalue weighted by molar-refractivity contribution is 5.43. The molecular formula is C10H17N9O. The predicted octanol–water partition coefficient (Wildman–Crippen LogP) is -0.00150. The van der Waals surface area contributed by atoms with Crippen molar-refractivity contribution in [3.8, 4) is 0 Å². The first-order chi connectivity index (χ1) is 9.76. The third kappa shape index (κ3) is 3.29. The van der Waals surface area contributed by atoms with Gasteiger partial charge in [0, 0.05) is 13.1 Å². The van der Waals surface area contributed by atoms with Crippen molar-refractivity contribution in [2.24, 2.45) is 5.84 Å². The third-order valence-corrected chi connectivity index (χ3v) is 2.61. The van der Waals surface area contributed by atoms with Crippen molar-refractivity contribution in [2.75, 3.05) is 28.7 Å². The van der Waals surface area contributed by atoms with Crippen molar-refractivity contribution in [1.82, 2.24) is 25.1 Å². The van der Waals surface area contributed by atoms with Gasteiger partial charge >= 0.3 is 0 Å². The monoisotopic (exact) mass is 279 g/mol. The molecule has 0 amide bonds. The Morgan fingerprint density at radius 1 is 1.20 bits per heavy atom. The SMILES string of the molecule is CCN(CC)c1nc(NN)nc(NCc2ncon2)n1. The van der Waals surface area contributed by atoms with Crippen LogP contribution in [0.4, 0.5) is 17.8 Å². The van der Waals surface area contributed by atoms with Crippen molar-refractivity contribution in [3.63, 3.8) is 0 Å². The lowest BCUT2D eigenvalue weighted by molar-refractivity contribution is 0.411. The highest BCUT2D eigenvalue weighted by Crippen LogP contribution is 2.13. The van der Waals surface area contributed by atoms with Gasteiger partial charge in [0.1, 0.15) is 0 Å². The Balaban J connectivity index is 2.16. The molecule has 0 fully saturated rings. The molecule has 0 atom stereocenters. The topological polar surface area (TPSA) is 131 Å². The maximum atomic E-state index is 5.37. The summed E-state index contributed by atoms with van der Waals surface area (Å²) in [6.07, 6.45) is 1.26. The summed E-state index contributed by atoms with van der Waals surface area (Å²) in [5.41, 5.74) is 2.43. The summed E-state index contributed by atoms with van der Waals surface area (Å²) in [6, 6.07) is 0. The largest absolute Gasteiger partial charge is 0.347 e. The molecule has 0 aliphatic carbocycles. The van der Waals surface area contributed by atoms with Crippen LogP contribution in [0.25, 0.3) is 0 Å². The number of hydrazine groups is 1. The fourth-order valence-corrected chi connectivity index (χ4v) is 1.58. The van der Waals surface area contributed by atoms with Gasteiger partial charge in [-0.15, -0.1) is 0 Å². The van der Waals surface area contributed by atoms with Crippen LogP contribution in [-0.4, -0.2) is 38.2 Å². The van der Waals surface area contributed by atoms with E-state index >= 15 is 0 Å². The summed E-state index contributed by atoms with van der Waals surface area (Å²) in [7, 11) is 0. The Morgan fingerprint density at radius 2 is 1.95 bits per heavy atom. The lowest BCUT2D eigenvalue weighted by Crippen LogP contribution is -2.26. The number of anilines is 3. The van der Waals surface area contributed by atoms with Crippen LogP contribution in [0.2, 0.25) is 0 Å². The summed E-state index contributed by atoms with van der Waals surface area (Å²) in [6.45, 7) is 5.97. The van der Waals surface area contributed by atoms with Crippen LogP contribution in [-0.2, 0) is 6.54 Å². The second-order valence-corrected chi connectivity index (χ2v) is 3.80. The third-order valence-electron chi connectivity index (χ3n) is 2.61. The average molecular weight is 279 g/mol. The number of nitrogens with zero attached hydrogens (tertiary/aromatic N) is 6. The number of hydrogen-bond donors (Lipinski definition) is 3. The smallest absolute Gasteiger partial charge is 0.243 e. The van der Waals surface area contributed by atoms with E-state index in [4.69, 9.17) is 5.84 Å². The van der Waals surface area contributed by atoms with Gasteiger partial charge in [-0.3, -0.25) is 5.43 Å². The van der Waals surface area contributed by atoms with Gasteiger partial charge in [-0.2, -0.15) is 19.9 Å². The molecule has 0 aliphatic heterocycles. The zero-order chi connectivity index (χ0) is 14.4. The van der Waals surface area contributed by atoms with E-state index in [1.807, 2.05) is 18.7 Å². The summed E-state index contributed by atoms with van der Waals surface area (Å²) >= 11 is 0. The number of nitrogens with one attached hydrogen (secondary N) is 2. The first-order valence-corrected chi connectivity index (χ1v) is 6.23. The number of nitrogen functional groups attached to an aromatic ring is 1. The van der Waals surface area contributed by atoms with Crippen LogP contribution in [0.5, 0.6) is 0 Å². The molecule has 0 unspecified atom stereocenters. The second kappa shape index (κ2) is 6.61. The Morgan fingerprint density at radius 3 is 2.55 bits per heavy atom. The van der Waals surface area contributed by atoms with Gasteiger partial charge in [-0.05, 0) is 13.8 Å². The summed E-state index contributed by atoms with van der Waals surface area (Å²) < 4.78 is 4.65. The van der Waals surface area contributed by atoms with Gasteiger partial charge in [0.25, 0.3) is 0 Å². The van der Waals surface area contributed by atoms with E-state index in [1.54, 1.807) is 0 Å². The molecule has 0 spiro atoms. The van der Waals surface area contributed by atoms with E-state index in [1.165, 1.54) is 6.39 Å². The number of aromatic nitrogens is 5. The Hall–Kier alpha value is -2.49. The van der Waals surface area contributed by atoms with Gasteiger partial charge in [0.2, 0.25) is 24.2 Å². The van der Waals surface area contributed by atoms with Crippen molar-refractivity contribution in [1.29, 1.82) is 0 Å². The van der Waals surface area contributed by atoms with Crippen LogP contribution in [0.1, 0.15) is 19.7 Å². The molecule has 4 N–H and O–H groups in total. The zero-order valence-corrected chi connectivity index (χ0v) is 11.4. The Kier molecular flexibility index (Phi) is 4.60. The van der Waals surface area contributed by atoms with Crippen LogP contribution in [0.15, 0.2) is 10.9 Å². The minimum atomic E-state index is 0.289. The standard InChI is InChI=1S/C10H17N9O/c1-3-19(4-2)10-15-8(14-9(16-10)17-11)12-5-7-13-6-20-18-7/h6H,3-5,11H2,1-2H3,(H2,12,14,15,16,17). The number of nitrogens with two attached hydrogens (primary N) is 1. The maximum Gasteiger partial charge on any atom is 0.243 e. The molecule has 0 radical (unpaired) electrons. The maximum absolute atomic E-state index is 5.37. The highest BCUT2D eigenvalue weighted by atomic mass is 16.5. The molecule has 108 valence electrons. The van der Waals surface area contributed by atoms with Gasteiger partial charge in [-0.1, -0.05) is 5.16 Å². The summed E-state index contributed by atoms with van der Waals surface area (Å²) in [5.74, 6) is 7.11. The molecule has 0 aliphatic rings. The van der Waals surface area contributed by atoms with Crippen LogP contribution in [0, 0.1) is 0 Å². The summed E-state index contributed by atoms with van der Waals surface area (Å²) in [5, 5.41) is 6.69. The zero-order valence-electron chi connectivity index (χ0n) is 11.4. The van der Waals surface area contributed by atoms with E-state index in [2.05, 4.69) is 40.4 Å².